The summed E-state index contributed by atoms with van der Waals surface area (Å²) in [4.78, 5) is 25.7. The predicted octanol–water partition coefficient (Wildman–Crippen LogP) is 6.43. The molecule has 0 saturated carbocycles. The third-order valence-corrected chi connectivity index (χ3v) is 11.1. The van der Waals surface area contributed by atoms with Gasteiger partial charge in [0.25, 0.3) is 0 Å². The summed E-state index contributed by atoms with van der Waals surface area (Å²) in [6.07, 6.45) is 29.3. The van der Waals surface area contributed by atoms with E-state index in [0.717, 1.165) is 70.6 Å². The van der Waals surface area contributed by atoms with E-state index in [1.54, 1.807) is 6.08 Å². The highest BCUT2D eigenvalue weighted by molar-refractivity contribution is 5.71. The zero-order chi connectivity index (χ0) is 48.9. The van der Waals surface area contributed by atoms with E-state index < -0.39 is 99.3 Å². The zero-order valence-electron chi connectivity index (χ0n) is 40.1. The number of allylic oxidation sites excluding steroid dienone is 13. The average Bonchev–Trinajstić information content (AvgIpc) is 3.32. The highest BCUT2D eigenvalue weighted by Crippen LogP contribution is 2.26. The van der Waals surface area contributed by atoms with Crippen LogP contribution in [0.4, 0.5) is 0 Å². The molecule has 2 aliphatic rings. The number of hydrogen-bond donors (Lipinski definition) is 7. The van der Waals surface area contributed by atoms with Gasteiger partial charge in [0, 0.05) is 6.42 Å². The summed E-state index contributed by atoms with van der Waals surface area (Å²) in [7, 11) is 0. The molecule has 2 heterocycles. The number of aliphatic hydroxyl groups excluding tert-OH is 7. The van der Waals surface area contributed by atoms with E-state index in [4.69, 9.17) is 28.4 Å². The highest BCUT2D eigenvalue weighted by Gasteiger charge is 2.47. The molecule has 7 N–H and O–H groups in total. The second-order valence-electron chi connectivity index (χ2n) is 16.9. The van der Waals surface area contributed by atoms with E-state index in [1.807, 2.05) is 18.2 Å². The van der Waals surface area contributed by atoms with Crippen molar-refractivity contribution < 1.29 is 73.8 Å². The fourth-order valence-electron chi connectivity index (χ4n) is 7.08. The Kier molecular flexibility index (Phi) is 34.4. The number of carbonyl (C=O) groups is 2. The summed E-state index contributed by atoms with van der Waals surface area (Å²) in [6, 6.07) is 0. The number of esters is 2. The molecule has 0 aromatic heterocycles. The Bertz CT molecular complexity index is 1490. The van der Waals surface area contributed by atoms with Gasteiger partial charge in [-0.1, -0.05) is 137 Å². The molecule has 0 radical (unpaired) electrons. The van der Waals surface area contributed by atoms with Crippen LogP contribution in [0.5, 0.6) is 0 Å². The van der Waals surface area contributed by atoms with E-state index >= 15 is 0 Å². The fraction of sp³-hybridized carbons (Fsp3) is 0.692. The van der Waals surface area contributed by atoms with Gasteiger partial charge in [-0.2, -0.15) is 0 Å². The van der Waals surface area contributed by atoms with Gasteiger partial charge in [-0.15, -0.1) is 0 Å². The van der Waals surface area contributed by atoms with Crippen molar-refractivity contribution in [1.29, 1.82) is 0 Å². The minimum absolute atomic E-state index is 0.0746. The van der Waals surface area contributed by atoms with Gasteiger partial charge in [0.05, 0.1) is 26.2 Å². The lowest BCUT2D eigenvalue weighted by Gasteiger charge is -2.42. The molecule has 2 aliphatic heterocycles. The quantitative estimate of drug-likeness (QED) is 0.0204. The molecule has 0 aromatic carbocycles. The van der Waals surface area contributed by atoms with E-state index in [0.29, 0.717) is 12.8 Å². The SMILES string of the molecule is CC/C=C\C/C=C\C/C=C\C/C=C\C/C=C\CC(=O)OC(COC(=O)CCCCCCC/C=C\C/C=C\CCCCCC)COC1OC(COC2OC(CO)C(O)C(O)C2O)C(O)C(O)C1O. The molecule has 0 aromatic rings. The minimum atomic E-state index is -1.79. The van der Waals surface area contributed by atoms with Gasteiger partial charge in [0.1, 0.15) is 55.4 Å². The van der Waals surface area contributed by atoms with Crippen molar-refractivity contribution in [3.05, 3.63) is 85.1 Å². The molecule has 67 heavy (non-hydrogen) atoms. The average molecular weight is 949 g/mol. The van der Waals surface area contributed by atoms with Crippen LogP contribution < -0.4 is 0 Å². The molecule has 0 spiro atoms. The largest absolute Gasteiger partial charge is 0.462 e. The minimum Gasteiger partial charge on any atom is -0.462 e. The first kappa shape index (κ1) is 59.8. The molecule has 2 fully saturated rings. The van der Waals surface area contributed by atoms with Crippen molar-refractivity contribution in [2.24, 2.45) is 0 Å². The molecule has 2 rings (SSSR count). The molecule has 11 atom stereocenters. The van der Waals surface area contributed by atoms with Gasteiger partial charge in [0.15, 0.2) is 18.7 Å². The summed E-state index contributed by atoms with van der Waals surface area (Å²) in [5, 5.41) is 72.0. The van der Waals surface area contributed by atoms with Crippen LogP contribution >= 0.6 is 0 Å². The van der Waals surface area contributed by atoms with Crippen LogP contribution in [0.2, 0.25) is 0 Å². The fourth-order valence-corrected chi connectivity index (χ4v) is 7.08. The maximum Gasteiger partial charge on any atom is 0.310 e. The third-order valence-electron chi connectivity index (χ3n) is 11.1. The first-order valence-electron chi connectivity index (χ1n) is 24.7. The maximum atomic E-state index is 12.9. The summed E-state index contributed by atoms with van der Waals surface area (Å²) in [6.45, 7) is 2.31. The van der Waals surface area contributed by atoms with Crippen LogP contribution in [0.1, 0.15) is 136 Å². The topological polar surface area (TPSA) is 231 Å². The van der Waals surface area contributed by atoms with Crippen molar-refractivity contribution in [2.45, 2.75) is 203 Å². The molecule has 11 unspecified atom stereocenters. The molecule has 15 heteroatoms. The van der Waals surface area contributed by atoms with E-state index in [9.17, 15) is 45.3 Å². The van der Waals surface area contributed by atoms with Crippen LogP contribution in [0.15, 0.2) is 85.1 Å². The van der Waals surface area contributed by atoms with Crippen molar-refractivity contribution in [1.82, 2.24) is 0 Å². The zero-order valence-corrected chi connectivity index (χ0v) is 40.1. The Balaban J connectivity index is 1.87. The molecule has 15 nitrogen and oxygen atoms in total. The number of rotatable bonds is 36. The number of aliphatic hydroxyl groups is 7. The smallest absolute Gasteiger partial charge is 0.310 e. The second-order valence-corrected chi connectivity index (χ2v) is 16.9. The number of hydrogen-bond acceptors (Lipinski definition) is 15. The number of unbranched alkanes of at least 4 members (excludes halogenated alkanes) is 9. The molecule has 0 aliphatic carbocycles. The van der Waals surface area contributed by atoms with Gasteiger partial charge in [-0.25, -0.2) is 0 Å². The lowest BCUT2D eigenvalue weighted by molar-refractivity contribution is -0.332. The van der Waals surface area contributed by atoms with Crippen LogP contribution in [0.25, 0.3) is 0 Å². The highest BCUT2D eigenvalue weighted by atomic mass is 16.7. The van der Waals surface area contributed by atoms with E-state index in [2.05, 4.69) is 74.6 Å². The van der Waals surface area contributed by atoms with Crippen LogP contribution in [0.3, 0.4) is 0 Å². The monoisotopic (exact) mass is 949 g/mol. The van der Waals surface area contributed by atoms with Gasteiger partial charge >= 0.3 is 11.9 Å². The van der Waals surface area contributed by atoms with Crippen LogP contribution in [0, 0.1) is 0 Å². The van der Waals surface area contributed by atoms with Crippen LogP contribution in [-0.2, 0) is 38.0 Å². The molecular weight excluding hydrogens is 865 g/mol. The van der Waals surface area contributed by atoms with E-state index in [1.165, 1.54) is 25.7 Å². The third kappa shape index (κ3) is 26.9. The van der Waals surface area contributed by atoms with Crippen molar-refractivity contribution in [2.75, 3.05) is 26.4 Å². The molecular formula is C52H84O15. The maximum absolute atomic E-state index is 12.9. The molecule has 0 amide bonds. The predicted molar refractivity (Wildman–Crippen MR) is 256 cm³/mol. The molecule has 382 valence electrons. The summed E-state index contributed by atoms with van der Waals surface area (Å²) >= 11 is 0. The Hall–Kier alpha value is -3.32. The summed E-state index contributed by atoms with van der Waals surface area (Å²) < 4.78 is 33.4. The van der Waals surface area contributed by atoms with Gasteiger partial charge in [0.2, 0.25) is 0 Å². The van der Waals surface area contributed by atoms with Crippen molar-refractivity contribution in [3.8, 4) is 0 Å². The Labute approximate surface area is 399 Å². The standard InChI is InChI=1S/C52H84O15/c1-3-5-7-9-11-13-15-17-19-21-22-24-26-28-30-32-34-43(54)62-37-40(65-44(55)35-33-31-29-27-25-23-20-18-16-14-12-10-8-6-4-2)38-63-51-50(61)48(59)46(57)42(67-51)39-64-52-49(60)47(58)45(56)41(36-53)66-52/h6,8,12-15,18-21,25,27,31,33,40-42,45-53,56-61H,3-5,7,9-11,16-17,22-24,26,28-30,32,34-39H2,1-2H3/b8-6-,14-12-,15-13-,20-18-,21-19-,27-25-,33-31-. The van der Waals surface area contributed by atoms with E-state index in [-0.39, 0.29) is 19.4 Å². The second kappa shape index (κ2) is 38.5. The van der Waals surface area contributed by atoms with Crippen molar-refractivity contribution >= 4 is 11.9 Å². The van der Waals surface area contributed by atoms with Crippen molar-refractivity contribution in [3.63, 3.8) is 0 Å². The Morgan fingerprint density at radius 3 is 1.55 bits per heavy atom. The number of ether oxygens (including phenoxy) is 6. The van der Waals surface area contributed by atoms with Crippen LogP contribution in [-0.4, -0.2) is 142 Å². The lowest BCUT2D eigenvalue weighted by atomic mass is 9.98. The van der Waals surface area contributed by atoms with Gasteiger partial charge in [-0.3, -0.25) is 9.59 Å². The summed E-state index contributed by atoms with van der Waals surface area (Å²) in [5.41, 5.74) is 0. The Morgan fingerprint density at radius 1 is 0.507 bits per heavy atom. The first-order valence-corrected chi connectivity index (χ1v) is 24.7. The molecule has 2 saturated heterocycles. The number of carbonyl (C=O) groups excluding carboxylic acids is 2. The molecule has 0 bridgehead atoms. The summed E-state index contributed by atoms with van der Waals surface area (Å²) in [5.74, 6) is -1.10. The van der Waals surface area contributed by atoms with Gasteiger partial charge < -0.3 is 64.2 Å². The first-order chi connectivity index (χ1) is 32.5. The normalized spacial score (nSPS) is 26.7. The lowest BCUT2D eigenvalue weighted by Crippen LogP contribution is -2.61. The Morgan fingerprint density at radius 2 is 0.985 bits per heavy atom. The van der Waals surface area contributed by atoms with Gasteiger partial charge in [-0.05, 0) is 70.6 Å².